The number of nitrogens with two attached hydrogens (primary N) is 1. The van der Waals surface area contributed by atoms with Crippen LogP contribution >= 0.6 is 11.6 Å². The minimum Gasteiger partial charge on any atom is -0.371 e. The van der Waals surface area contributed by atoms with Crippen LogP contribution in [-0.4, -0.2) is 13.1 Å². The topological polar surface area (TPSA) is 29.3 Å². The fourth-order valence-corrected chi connectivity index (χ4v) is 4.01. The van der Waals surface area contributed by atoms with Crippen LogP contribution in [0, 0.1) is 5.41 Å². The van der Waals surface area contributed by atoms with Crippen molar-refractivity contribution in [3.05, 3.63) is 28.8 Å². The molecule has 1 aliphatic carbocycles. The fraction of sp³-hybridized carbons (Fsp3) is 0.625. The van der Waals surface area contributed by atoms with Crippen LogP contribution in [0.5, 0.6) is 0 Å². The standard InChI is InChI=1S/C16H23ClN2/c17-15-11-14(4-3-13(15)12-18)19-9-7-16(8-10-19)5-1-2-6-16/h3-4,11H,1-2,5-10,12,18H2. The zero-order valence-corrected chi connectivity index (χ0v) is 12.3. The molecule has 0 aromatic heterocycles. The van der Waals surface area contributed by atoms with Crippen molar-refractivity contribution in [2.24, 2.45) is 11.1 Å². The number of benzene rings is 1. The van der Waals surface area contributed by atoms with E-state index in [0.29, 0.717) is 12.0 Å². The highest BCUT2D eigenvalue weighted by molar-refractivity contribution is 6.31. The van der Waals surface area contributed by atoms with Gasteiger partial charge in [0.1, 0.15) is 0 Å². The number of hydrogen-bond acceptors (Lipinski definition) is 2. The van der Waals surface area contributed by atoms with Gasteiger partial charge in [0.2, 0.25) is 0 Å². The number of halogens is 1. The smallest absolute Gasteiger partial charge is 0.0471 e. The van der Waals surface area contributed by atoms with Gasteiger partial charge in [-0.3, -0.25) is 0 Å². The Morgan fingerprint density at radius 1 is 1.11 bits per heavy atom. The highest BCUT2D eigenvalue weighted by Gasteiger charge is 2.36. The molecule has 3 rings (SSSR count). The molecule has 1 saturated carbocycles. The molecule has 0 amide bonds. The molecule has 19 heavy (non-hydrogen) atoms. The van der Waals surface area contributed by atoms with Gasteiger partial charge >= 0.3 is 0 Å². The second-order valence-corrected chi connectivity index (χ2v) is 6.58. The average Bonchev–Trinajstić information content (AvgIpc) is 2.88. The molecular weight excluding hydrogens is 256 g/mol. The maximum atomic E-state index is 6.26. The maximum Gasteiger partial charge on any atom is 0.0471 e. The number of piperidine rings is 1. The van der Waals surface area contributed by atoms with Gasteiger partial charge in [0.25, 0.3) is 0 Å². The van der Waals surface area contributed by atoms with Crippen molar-refractivity contribution in [2.75, 3.05) is 18.0 Å². The summed E-state index contributed by atoms with van der Waals surface area (Å²) in [5.41, 5.74) is 8.63. The monoisotopic (exact) mass is 278 g/mol. The van der Waals surface area contributed by atoms with E-state index in [0.717, 1.165) is 10.6 Å². The minimum atomic E-state index is 0.516. The van der Waals surface area contributed by atoms with Crippen LogP contribution in [0.25, 0.3) is 0 Å². The lowest BCUT2D eigenvalue weighted by atomic mass is 9.77. The predicted molar refractivity (Wildman–Crippen MR) is 81.7 cm³/mol. The summed E-state index contributed by atoms with van der Waals surface area (Å²) in [6.45, 7) is 2.87. The lowest BCUT2D eigenvalue weighted by molar-refractivity contribution is 0.226. The molecule has 2 nitrogen and oxygen atoms in total. The lowest BCUT2D eigenvalue weighted by Crippen LogP contribution is -2.38. The Morgan fingerprint density at radius 3 is 2.37 bits per heavy atom. The Balaban J connectivity index is 1.69. The summed E-state index contributed by atoms with van der Waals surface area (Å²) < 4.78 is 0. The van der Waals surface area contributed by atoms with Gasteiger partial charge in [-0.25, -0.2) is 0 Å². The molecule has 2 N–H and O–H groups in total. The molecule has 1 aliphatic heterocycles. The molecule has 2 fully saturated rings. The van der Waals surface area contributed by atoms with Gasteiger partial charge in [-0.2, -0.15) is 0 Å². The van der Waals surface area contributed by atoms with E-state index in [2.05, 4.69) is 23.1 Å². The number of rotatable bonds is 2. The Morgan fingerprint density at radius 2 is 1.79 bits per heavy atom. The van der Waals surface area contributed by atoms with Gasteiger partial charge < -0.3 is 10.6 Å². The van der Waals surface area contributed by atoms with Gasteiger partial charge in [-0.15, -0.1) is 0 Å². The summed E-state index contributed by atoms with van der Waals surface area (Å²) in [5.74, 6) is 0. The van der Waals surface area contributed by atoms with E-state index in [9.17, 15) is 0 Å². The van der Waals surface area contributed by atoms with Crippen LogP contribution in [0.15, 0.2) is 18.2 Å². The first-order valence-corrected chi connectivity index (χ1v) is 7.84. The number of anilines is 1. The van der Waals surface area contributed by atoms with Crippen LogP contribution in [0.3, 0.4) is 0 Å². The normalized spacial score (nSPS) is 22.1. The van der Waals surface area contributed by atoms with Gasteiger partial charge in [-0.1, -0.05) is 30.5 Å². The zero-order valence-electron chi connectivity index (χ0n) is 11.5. The van der Waals surface area contributed by atoms with Crippen molar-refractivity contribution in [3.63, 3.8) is 0 Å². The highest BCUT2D eigenvalue weighted by Crippen LogP contribution is 2.46. The molecule has 3 heteroatoms. The quantitative estimate of drug-likeness (QED) is 0.887. The Hall–Kier alpha value is -0.730. The third-order valence-electron chi connectivity index (χ3n) is 5.11. The third kappa shape index (κ3) is 2.61. The van der Waals surface area contributed by atoms with Gasteiger partial charge in [-0.05, 0) is 48.8 Å². The van der Waals surface area contributed by atoms with E-state index in [1.165, 1.54) is 57.3 Å². The fourth-order valence-electron chi connectivity index (χ4n) is 3.76. The predicted octanol–water partition coefficient (Wildman–Crippen LogP) is 3.96. The summed E-state index contributed by atoms with van der Waals surface area (Å²) in [5, 5.41) is 0.807. The van der Waals surface area contributed by atoms with Crippen molar-refractivity contribution in [1.82, 2.24) is 0 Å². The van der Waals surface area contributed by atoms with E-state index < -0.39 is 0 Å². The minimum absolute atomic E-state index is 0.516. The number of hydrogen-bond donors (Lipinski definition) is 1. The number of nitrogens with zero attached hydrogens (tertiary/aromatic N) is 1. The highest BCUT2D eigenvalue weighted by atomic mass is 35.5. The van der Waals surface area contributed by atoms with Crippen molar-refractivity contribution in [1.29, 1.82) is 0 Å². The van der Waals surface area contributed by atoms with Crippen molar-refractivity contribution in [2.45, 2.75) is 45.1 Å². The van der Waals surface area contributed by atoms with E-state index in [1.807, 2.05) is 0 Å². The first-order chi connectivity index (χ1) is 9.22. The molecule has 0 unspecified atom stereocenters. The van der Waals surface area contributed by atoms with Crippen LogP contribution in [-0.2, 0) is 6.54 Å². The summed E-state index contributed by atoms with van der Waals surface area (Å²) in [6.07, 6.45) is 8.49. The van der Waals surface area contributed by atoms with Crippen LogP contribution in [0.2, 0.25) is 5.02 Å². The Labute approximate surface area is 120 Å². The maximum absolute atomic E-state index is 6.26. The van der Waals surface area contributed by atoms with Gasteiger partial charge in [0.15, 0.2) is 0 Å². The molecule has 104 valence electrons. The van der Waals surface area contributed by atoms with E-state index >= 15 is 0 Å². The summed E-state index contributed by atoms with van der Waals surface area (Å²) >= 11 is 6.26. The third-order valence-corrected chi connectivity index (χ3v) is 5.46. The summed E-state index contributed by atoms with van der Waals surface area (Å²) in [4.78, 5) is 2.48. The molecule has 0 atom stereocenters. The largest absolute Gasteiger partial charge is 0.371 e. The second-order valence-electron chi connectivity index (χ2n) is 6.17. The molecule has 0 radical (unpaired) electrons. The SMILES string of the molecule is NCc1ccc(N2CCC3(CCCC3)CC2)cc1Cl. The van der Waals surface area contributed by atoms with Gasteiger partial charge in [0, 0.05) is 30.3 Å². The van der Waals surface area contributed by atoms with Crippen LogP contribution < -0.4 is 10.6 Å². The van der Waals surface area contributed by atoms with E-state index in [-0.39, 0.29) is 0 Å². The second kappa shape index (κ2) is 5.34. The average molecular weight is 279 g/mol. The Bertz CT molecular complexity index is 442. The molecule has 2 aliphatic rings. The molecule has 1 aromatic rings. The molecule has 1 heterocycles. The molecule has 0 bridgehead atoms. The summed E-state index contributed by atoms with van der Waals surface area (Å²) in [6, 6.07) is 6.31. The van der Waals surface area contributed by atoms with Crippen LogP contribution in [0.4, 0.5) is 5.69 Å². The summed E-state index contributed by atoms with van der Waals surface area (Å²) in [7, 11) is 0. The first-order valence-electron chi connectivity index (χ1n) is 7.46. The van der Waals surface area contributed by atoms with Crippen molar-refractivity contribution < 1.29 is 0 Å². The Kier molecular flexibility index (Phi) is 3.72. The van der Waals surface area contributed by atoms with Crippen molar-refractivity contribution >= 4 is 17.3 Å². The van der Waals surface area contributed by atoms with Crippen molar-refractivity contribution in [3.8, 4) is 0 Å². The molecule has 1 spiro atoms. The zero-order chi connectivity index (χ0) is 13.3. The molecule has 1 aromatic carbocycles. The van der Waals surface area contributed by atoms with E-state index in [4.69, 9.17) is 17.3 Å². The van der Waals surface area contributed by atoms with Crippen LogP contribution in [0.1, 0.15) is 44.1 Å². The van der Waals surface area contributed by atoms with Gasteiger partial charge in [0.05, 0.1) is 0 Å². The molecule has 1 saturated heterocycles. The molecular formula is C16H23ClN2. The van der Waals surface area contributed by atoms with E-state index in [1.54, 1.807) is 0 Å². The first kappa shape index (κ1) is 13.3. The lowest BCUT2D eigenvalue weighted by Gasteiger charge is -2.40.